The van der Waals surface area contributed by atoms with Gasteiger partial charge in [-0.25, -0.2) is 4.79 Å². The molecule has 0 unspecified atom stereocenters. The molecule has 0 aliphatic carbocycles. The topological polar surface area (TPSA) is 69.6 Å². The number of nitrogens with one attached hydrogen (secondary N) is 1. The van der Waals surface area contributed by atoms with E-state index in [0.717, 1.165) is 21.4 Å². The quantitative estimate of drug-likeness (QED) is 0.458. The molecule has 0 bridgehead atoms. The number of hydrogen-bond donors (Lipinski definition) is 2. The zero-order valence-corrected chi connectivity index (χ0v) is 18.3. The minimum atomic E-state index is -5.08. The third kappa shape index (κ3) is 7.82. The van der Waals surface area contributed by atoms with Gasteiger partial charge in [-0.1, -0.05) is 70.5 Å². The van der Waals surface area contributed by atoms with Crippen molar-refractivity contribution in [2.24, 2.45) is 0 Å². The Balaban J connectivity index is 0.000000451. The fraction of sp³-hybridized carbons (Fsp3) is 0.130. The van der Waals surface area contributed by atoms with Gasteiger partial charge in [-0.3, -0.25) is 9.69 Å². The number of para-hydroxylation sites is 2. The van der Waals surface area contributed by atoms with Gasteiger partial charge in [-0.05, 0) is 35.9 Å². The lowest BCUT2D eigenvalue weighted by Crippen LogP contribution is -2.35. The first kappa shape index (κ1) is 25.1. The molecular weight excluding hydrogens is 489 g/mol. The van der Waals surface area contributed by atoms with Crippen molar-refractivity contribution >= 4 is 39.2 Å². The van der Waals surface area contributed by atoms with Gasteiger partial charge in [0, 0.05) is 22.4 Å². The molecule has 0 spiro atoms. The van der Waals surface area contributed by atoms with Crippen LogP contribution in [0, 0.1) is 0 Å². The molecule has 32 heavy (non-hydrogen) atoms. The summed E-state index contributed by atoms with van der Waals surface area (Å²) in [6, 6.07) is 27.4. The number of benzene rings is 3. The molecule has 0 atom stereocenters. The van der Waals surface area contributed by atoms with Gasteiger partial charge in [0.05, 0.1) is 6.54 Å². The zero-order chi connectivity index (χ0) is 23.6. The summed E-state index contributed by atoms with van der Waals surface area (Å²) in [5.41, 5.74) is 2.85. The highest BCUT2D eigenvalue weighted by molar-refractivity contribution is 9.10. The minimum absolute atomic E-state index is 0.00412. The van der Waals surface area contributed by atoms with Gasteiger partial charge >= 0.3 is 12.1 Å². The molecule has 5 nitrogen and oxygen atoms in total. The lowest BCUT2D eigenvalue weighted by atomic mass is 10.2. The van der Waals surface area contributed by atoms with Gasteiger partial charge in [0.15, 0.2) is 0 Å². The standard InChI is InChI=1S/C21H19BrN2O.C2HF3O2/c22-20-14-8-7-9-17(20)15-23-16-21(25)24(18-10-3-1-4-11-18)19-12-5-2-6-13-19;3-2(4,5)1(6)7/h1-14,23H,15-16H2;(H,6,7). The smallest absolute Gasteiger partial charge is 0.475 e. The molecule has 2 N–H and O–H groups in total. The molecule has 168 valence electrons. The number of carbonyl (C=O) groups is 2. The van der Waals surface area contributed by atoms with Crippen molar-refractivity contribution in [1.82, 2.24) is 5.32 Å². The molecule has 0 aromatic heterocycles. The number of amides is 1. The van der Waals surface area contributed by atoms with E-state index in [1.54, 1.807) is 4.90 Å². The molecule has 1 amide bonds. The molecule has 3 rings (SSSR count). The number of rotatable bonds is 6. The Labute approximate surface area is 191 Å². The van der Waals surface area contributed by atoms with E-state index >= 15 is 0 Å². The second-order valence-electron chi connectivity index (χ2n) is 6.40. The number of anilines is 2. The van der Waals surface area contributed by atoms with E-state index in [-0.39, 0.29) is 12.5 Å². The van der Waals surface area contributed by atoms with Crippen LogP contribution in [0.4, 0.5) is 24.5 Å². The predicted molar refractivity (Wildman–Crippen MR) is 120 cm³/mol. The molecule has 0 heterocycles. The van der Waals surface area contributed by atoms with E-state index in [4.69, 9.17) is 9.90 Å². The first-order valence-electron chi connectivity index (χ1n) is 9.37. The summed E-state index contributed by atoms with van der Waals surface area (Å²) in [4.78, 5) is 23.5. The van der Waals surface area contributed by atoms with Gasteiger partial charge in [0.25, 0.3) is 0 Å². The molecule has 0 aliphatic rings. The SMILES string of the molecule is O=C(CNCc1ccccc1Br)N(c1ccccc1)c1ccccc1.O=C(O)C(F)(F)F. The lowest BCUT2D eigenvalue weighted by molar-refractivity contribution is -0.192. The monoisotopic (exact) mass is 508 g/mol. The van der Waals surface area contributed by atoms with Gasteiger partial charge in [0.2, 0.25) is 5.91 Å². The molecule has 0 radical (unpaired) electrons. The molecule has 9 heteroatoms. The van der Waals surface area contributed by atoms with Gasteiger partial charge < -0.3 is 10.4 Å². The maximum absolute atomic E-state index is 12.9. The number of hydrogen-bond acceptors (Lipinski definition) is 3. The van der Waals surface area contributed by atoms with E-state index in [9.17, 15) is 18.0 Å². The van der Waals surface area contributed by atoms with Crippen LogP contribution in [0.15, 0.2) is 89.4 Å². The summed E-state index contributed by atoms with van der Waals surface area (Å²) in [6.07, 6.45) is -5.08. The van der Waals surface area contributed by atoms with Crippen LogP contribution in [0.5, 0.6) is 0 Å². The van der Waals surface area contributed by atoms with Crippen molar-refractivity contribution < 1.29 is 27.9 Å². The molecular formula is C23H20BrF3N2O3. The van der Waals surface area contributed by atoms with Crippen LogP contribution in [0.2, 0.25) is 0 Å². The van der Waals surface area contributed by atoms with Crippen molar-refractivity contribution in [3.8, 4) is 0 Å². The number of alkyl halides is 3. The largest absolute Gasteiger partial charge is 0.490 e. The predicted octanol–water partition coefficient (Wildman–Crippen LogP) is 5.54. The second kappa shape index (κ2) is 12.0. The Hall–Kier alpha value is -3.17. The molecule has 0 fully saturated rings. The van der Waals surface area contributed by atoms with E-state index in [1.165, 1.54) is 0 Å². The van der Waals surface area contributed by atoms with Crippen LogP contribution in [0.1, 0.15) is 5.56 Å². The maximum atomic E-state index is 12.9. The van der Waals surface area contributed by atoms with Crippen LogP contribution < -0.4 is 10.2 Å². The number of carboxylic acids is 1. The van der Waals surface area contributed by atoms with Crippen LogP contribution in [0.3, 0.4) is 0 Å². The highest BCUT2D eigenvalue weighted by atomic mass is 79.9. The average Bonchev–Trinajstić information content (AvgIpc) is 2.76. The van der Waals surface area contributed by atoms with Crippen molar-refractivity contribution in [2.45, 2.75) is 12.7 Å². The van der Waals surface area contributed by atoms with Crippen molar-refractivity contribution in [3.05, 3.63) is 95.0 Å². The number of halogens is 4. The van der Waals surface area contributed by atoms with E-state index in [0.29, 0.717) is 6.54 Å². The van der Waals surface area contributed by atoms with Crippen LogP contribution in [-0.2, 0) is 16.1 Å². The Kier molecular flexibility index (Phi) is 9.42. The highest BCUT2D eigenvalue weighted by Crippen LogP contribution is 2.25. The fourth-order valence-electron chi connectivity index (χ4n) is 2.62. The van der Waals surface area contributed by atoms with E-state index in [1.807, 2.05) is 84.9 Å². The molecule has 0 saturated heterocycles. The number of carboxylic acid groups (broad SMARTS) is 1. The van der Waals surface area contributed by atoms with Gasteiger partial charge in [-0.15, -0.1) is 0 Å². The fourth-order valence-corrected chi connectivity index (χ4v) is 3.04. The zero-order valence-electron chi connectivity index (χ0n) is 16.7. The number of nitrogens with zero attached hydrogens (tertiary/aromatic N) is 1. The van der Waals surface area contributed by atoms with Crippen molar-refractivity contribution in [1.29, 1.82) is 0 Å². The highest BCUT2D eigenvalue weighted by Gasteiger charge is 2.38. The third-order valence-electron chi connectivity index (χ3n) is 4.07. The number of carbonyl (C=O) groups excluding carboxylic acids is 1. The third-order valence-corrected chi connectivity index (χ3v) is 4.84. The summed E-state index contributed by atoms with van der Waals surface area (Å²) in [7, 11) is 0. The maximum Gasteiger partial charge on any atom is 0.490 e. The Bertz CT molecular complexity index is 976. The molecule has 3 aromatic rings. The summed E-state index contributed by atoms with van der Waals surface area (Å²) in [6.45, 7) is 0.885. The summed E-state index contributed by atoms with van der Waals surface area (Å²) in [5, 5.41) is 10.4. The second-order valence-corrected chi connectivity index (χ2v) is 7.25. The van der Waals surface area contributed by atoms with Gasteiger partial charge in [0.1, 0.15) is 0 Å². The van der Waals surface area contributed by atoms with Crippen molar-refractivity contribution in [2.75, 3.05) is 11.4 Å². The molecule has 3 aromatic carbocycles. The van der Waals surface area contributed by atoms with Gasteiger partial charge in [-0.2, -0.15) is 13.2 Å². The summed E-state index contributed by atoms with van der Waals surface area (Å²) in [5.74, 6) is -2.75. The lowest BCUT2D eigenvalue weighted by Gasteiger charge is -2.23. The first-order chi connectivity index (χ1) is 15.2. The molecule has 0 aliphatic heterocycles. The summed E-state index contributed by atoms with van der Waals surface area (Å²) < 4.78 is 32.8. The minimum Gasteiger partial charge on any atom is -0.475 e. The van der Waals surface area contributed by atoms with Crippen LogP contribution in [-0.4, -0.2) is 29.7 Å². The average molecular weight is 509 g/mol. The normalized spacial score (nSPS) is 10.6. The Morgan fingerprint density at radius 3 is 1.72 bits per heavy atom. The van der Waals surface area contributed by atoms with Crippen LogP contribution in [0.25, 0.3) is 0 Å². The van der Waals surface area contributed by atoms with E-state index < -0.39 is 12.1 Å². The van der Waals surface area contributed by atoms with Crippen LogP contribution >= 0.6 is 15.9 Å². The van der Waals surface area contributed by atoms with E-state index in [2.05, 4.69) is 21.2 Å². The number of aliphatic carboxylic acids is 1. The Morgan fingerprint density at radius 2 is 1.28 bits per heavy atom. The van der Waals surface area contributed by atoms with Crippen molar-refractivity contribution in [3.63, 3.8) is 0 Å². The Morgan fingerprint density at radius 1 is 0.844 bits per heavy atom. The first-order valence-corrected chi connectivity index (χ1v) is 10.2. The summed E-state index contributed by atoms with van der Waals surface area (Å²) >= 11 is 3.53. The molecule has 0 saturated carbocycles.